The van der Waals surface area contributed by atoms with Gasteiger partial charge in [-0.3, -0.25) is 15.0 Å². The highest BCUT2D eigenvalue weighted by molar-refractivity contribution is 6.06. The molecule has 2 unspecified atom stereocenters. The third-order valence-electron chi connectivity index (χ3n) is 3.85. The monoisotopic (exact) mass is 351 g/mol. The van der Waals surface area contributed by atoms with Crippen LogP contribution in [0, 0.1) is 5.92 Å². The Morgan fingerprint density at radius 2 is 1.84 bits per heavy atom. The van der Waals surface area contributed by atoms with Gasteiger partial charge >= 0.3 is 6.18 Å². The van der Waals surface area contributed by atoms with E-state index >= 15 is 0 Å². The molecule has 1 amide bonds. The number of alkyl halides is 3. The fourth-order valence-corrected chi connectivity index (χ4v) is 2.59. The zero-order valence-electron chi connectivity index (χ0n) is 13.0. The van der Waals surface area contributed by atoms with Crippen molar-refractivity contribution in [2.45, 2.75) is 11.7 Å². The lowest BCUT2D eigenvalue weighted by molar-refractivity contribution is -0.137. The highest BCUT2D eigenvalue weighted by Gasteiger charge is 2.45. The Labute approximate surface area is 142 Å². The summed E-state index contributed by atoms with van der Waals surface area (Å²) in [6.07, 6.45) is 2.62. The molecule has 8 heteroatoms. The normalized spacial score (nSPS) is 22.3. The number of hydrazine groups is 1. The first-order valence-electron chi connectivity index (χ1n) is 7.23. The predicted molar refractivity (Wildman–Crippen MR) is 87.1 cm³/mol. The number of nitrogens with one attached hydrogen (secondary N) is 2. The minimum atomic E-state index is -4.47. The van der Waals surface area contributed by atoms with Gasteiger partial charge in [0.15, 0.2) is 5.78 Å². The van der Waals surface area contributed by atoms with Crippen LogP contribution >= 0.6 is 0 Å². The summed E-state index contributed by atoms with van der Waals surface area (Å²) in [5.74, 6) is 3.02. The first-order chi connectivity index (χ1) is 11.7. The summed E-state index contributed by atoms with van der Waals surface area (Å²) in [7, 11) is 0. The quantitative estimate of drug-likeness (QED) is 0.329. The summed E-state index contributed by atoms with van der Waals surface area (Å²) in [6.45, 7) is 3.43. The van der Waals surface area contributed by atoms with E-state index in [2.05, 4.69) is 11.9 Å². The maximum absolute atomic E-state index is 12.7. The van der Waals surface area contributed by atoms with Crippen molar-refractivity contribution in [1.82, 2.24) is 5.43 Å². The number of carbonyl (C=O) groups excluding carboxylic acids is 2. The molecule has 0 aliphatic heterocycles. The van der Waals surface area contributed by atoms with E-state index in [0.29, 0.717) is 0 Å². The van der Waals surface area contributed by atoms with Crippen LogP contribution in [0.15, 0.2) is 61.2 Å². The Bertz CT molecular complexity index is 739. The van der Waals surface area contributed by atoms with E-state index in [0.717, 1.165) is 18.2 Å². The van der Waals surface area contributed by atoms with Crippen molar-refractivity contribution in [3.8, 4) is 0 Å². The number of carbonyl (C=O) groups is 2. The second-order valence-electron chi connectivity index (χ2n) is 5.37. The number of nitrogens with two attached hydrogens (primary N) is 1. The van der Waals surface area contributed by atoms with Crippen molar-refractivity contribution < 1.29 is 22.8 Å². The average molecular weight is 351 g/mol. The minimum Gasteiger partial charge on any atom is -0.368 e. The van der Waals surface area contributed by atoms with Crippen molar-refractivity contribution in [2.24, 2.45) is 11.8 Å². The lowest BCUT2D eigenvalue weighted by Gasteiger charge is -2.37. The molecule has 2 atom stereocenters. The van der Waals surface area contributed by atoms with Gasteiger partial charge in [0.2, 0.25) is 5.91 Å². The summed E-state index contributed by atoms with van der Waals surface area (Å²) < 4.78 is 38.0. The largest absolute Gasteiger partial charge is 0.416 e. The molecule has 1 aliphatic carbocycles. The van der Waals surface area contributed by atoms with Gasteiger partial charge in [-0.15, -0.1) is 0 Å². The number of allylic oxidation sites excluding steroid dienone is 2. The first kappa shape index (κ1) is 18.5. The summed E-state index contributed by atoms with van der Waals surface area (Å²) in [4.78, 5) is 24.6. The molecule has 0 spiro atoms. The maximum Gasteiger partial charge on any atom is 0.416 e. The molecule has 25 heavy (non-hydrogen) atoms. The molecular formula is C17H16F3N3O2. The Morgan fingerprint density at radius 3 is 2.36 bits per heavy atom. The molecular weight excluding hydrogens is 335 g/mol. The zero-order chi connectivity index (χ0) is 18.7. The Balaban J connectivity index is 2.43. The van der Waals surface area contributed by atoms with Gasteiger partial charge in [0, 0.05) is 5.69 Å². The molecule has 1 aromatic rings. The predicted octanol–water partition coefficient (Wildman–Crippen LogP) is 2.34. The van der Waals surface area contributed by atoms with Crippen LogP contribution in [0.5, 0.6) is 0 Å². The van der Waals surface area contributed by atoms with Crippen molar-refractivity contribution in [2.75, 3.05) is 5.32 Å². The van der Waals surface area contributed by atoms with E-state index in [-0.39, 0.29) is 5.69 Å². The molecule has 0 saturated heterocycles. The Morgan fingerprint density at radius 1 is 1.20 bits per heavy atom. The fourth-order valence-electron chi connectivity index (χ4n) is 2.59. The van der Waals surface area contributed by atoms with Crippen LogP contribution in [0.25, 0.3) is 0 Å². The summed E-state index contributed by atoms with van der Waals surface area (Å²) in [6, 6.07) is 4.14. The van der Waals surface area contributed by atoms with Gasteiger partial charge in [-0.2, -0.15) is 13.2 Å². The SMILES string of the molecule is C=CC(=O)C1(Nc2ccc(C(F)(F)F)cc2)C=CC=CC1C(=O)NN. The molecule has 0 bridgehead atoms. The number of hydrogen-bond acceptors (Lipinski definition) is 4. The van der Waals surface area contributed by atoms with E-state index in [1.165, 1.54) is 24.3 Å². The van der Waals surface area contributed by atoms with Gasteiger partial charge in [0.25, 0.3) is 0 Å². The van der Waals surface area contributed by atoms with Gasteiger partial charge in [0.05, 0.1) is 11.5 Å². The minimum absolute atomic E-state index is 0.234. The van der Waals surface area contributed by atoms with Gasteiger partial charge in [-0.25, -0.2) is 5.84 Å². The van der Waals surface area contributed by atoms with Crippen molar-refractivity contribution >= 4 is 17.4 Å². The number of amides is 1. The molecule has 1 aliphatic rings. The summed E-state index contributed by atoms with van der Waals surface area (Å²) in [5, 5.41) is 2.85. The topological polar surface area (TPSA) is 84.2 Å². The third kappa shape index (κ3) is 3.63. The van der Waals surface area contributed by atoms with Gasteiger partial charge in [0.1, 0.15) is 5.54 Å². The number of rotatable bonds is 5. The molecule has 5 nitrogen and oxygen atoms in total. The molecule has 4 N–H and O–H groups in total. The van der Waals surface area contributed by atoms with Crippen molar-refractivity contribution in [3.63, 3.8) is 0 Å². The van der Waals surface area contributed by atoms with Gasteiger partial charge in [-0.1, -0.05) is 30.9 Å². The number of hydrogen-bond donors (Lipinski definition) is 3. The molecule has 1 aromatic carbocycles. The highest BCUT2D eigenvalue weighted by Crippen LogP contribution is 2.33. The summed E-state index contributed by atoms with van der Waals surface area (Å²) in [5.41, 5.74) is -0.146. The number of halogens is 3. The van der Waals surface area contributed by atoms with Crippen LogP contribution in [0.4, 0.5) is 18.9 Å². The lowest BCUT2D eigenvalue weighted by Crippen LogP contribution is -2.56. The molecule has 2 rings (SSSR count). The van der Waals surface area contributed by atoms with Crippen LogP contribution < -0.4 is 16.6 Å². The number of ketones is 1. The maximum atomic E-state index is 12.7. The molecule has 0 heterocycles. The zero-order valence-corrected chi connectivity index (χ0v) is 13.0. The van der Waals surface area contributed by atoms with Crippen molar-refractivity contribution in [3.05, 3.63) is 66.8 Å². The molecule has 0 saturated carbocycles. The molecule has 0 fully saturated rings. The van der Waals surface area contributed by atoms with Crippen LogP contribution in [-0.4, -0.2) is 17.2 Å². The lowest BCUT2D eigenvalue weighted by atomic mass is 9.76. The number of anilines is 1. The first-order valence-corrected chi connectivity index (χ1v) is 7.23. The van der Waals surface area contributed by atoms with E-state index in [1.807, 2.05) is 5.43 Å². The molecule has 0 aromatic heterocycles. The Kier molecular flexibility index (Phi) is 5.13. The standard InChI is InChI=1S/C17H16F3N3O2/c1-2-14(24)16(10-4-3-5-13(16)15(25)23-21)22-12-8-6-11(7-9-12)17(18,19)20/h2-10,13,22H,1,21H2,(H,23,25). The van der Waals surface area contributed by atoms with Gasteiger partial charge in [-0.05, 0) is 30.3 Å². The number of benzene rings is 1. The second-order valence-corrected chi connectivity index (χ2v) is 5.37. The molecule has 132 valence electrons. The van der Waals surface area contributed by atoms with Crippen LogP contribution in [0.1, 0.15) is 5.56 Å². The highest BCUT2D eigenvalue weighted by atomic mass is 19.4. The average Bonchev–Trinajstić information content (AvgIpc) is 2.60. The third-order valence-corrected chi connectivity index (χ3v) is 3.85. The van der Waals surface area contributed by atoms with E-state index in [4.69, 9.17) is 5.84 Å². The van der Waals surface area contributed by atoms with Crippen LogP contribution in [0.2, 0.25) is 0 Å². The van der Waals surface area contributed by atoms with Crippen LogP contribution in [-0.2, 0) is 15.8 Å². The van der Waals surface area contributed by atoms with E-state index in [1.54, 1.807) is 12.2 Å². The van der Waals surface area contributed by atoms with Crippen molar-refractivity contribution in [1.29, 1.82) is 0 Å². The smallest absolute Gasteiger partial charge is 0.368 e. The fraction of sp³-hybridized carbons (Fsp3) is 0.176. The Hall–Kier alpha value is -2.87. The summed E-state index contributed by atoms with van der Waals surface area (Å²) >= 11 is 0. The van der Waals surface area contributed by atoms with E-state index in [9.17, 15) is 22.8 Å². The second kappa shape index (κ2) is 6.94. The van der Waals surface area contributed by atoms with Gasteiger partial charge < -0.3 is 5.32 Å². The molecule has 0 radical (unpaired) electrons. The van der Waals surface area contributed by atoms with E-state index < -0.39 is 34.9 Å². The van der Waals surface area contributed by atoms with Crippen LogP contribution in [0.3, 0.4) is 0 Å².